The van der Waals surface area contributed by atoms with Gasteiger partial charge in [-0.2, -0.15) is 0 Å². The third kappa shape index (κ3) is 5.06. The highest BCUT2D eigenvalue weighted by atomic mass is 16.5. The number of carboxylic acids is 1. The van der Waals surface area contributed by atoms with Gasteiger partial charge in [-0.25, -0.2) is 9.59 Å². The van der Waals surface area contributed by atoms with Crippen molar-refractivity contribution in [2.24, 2.45) is 5.41 Å². The van der Waals surface area contributed by atoms with E-state index < -0.39 is 17.5 Å². The van der Waals surface area contributed by atoms with Crippen LogP contribution in [0.25, 0.3) is 11.1 Å². The second-order valence-corrected chi connectivity index (χ2v) is 8.85. The highest BCUT2D eigenvalue weighted by Gasteiger charge is 2.33. The molecule has 0 bridgehead atoms. The van der Waals surface area contributed by atoms with Crippen LogP contribution in [0.1, 0.15) is 53.6 Å². The molecule has 4 rings (SSSR count). The molecule has 8 nitrogen and oxygen atoms in total. The number of fused-ring (bicyclic) bond motifs is 3. The minimum Gasteiger partial charge on any atom is -0.475 e. The van der Waals surface area contributed by atoms with E-state index in [4.69, 9.17) is 14.3 Å². The molecule has 1 heterocycles. The Hall–Kier alpha value is -4.07. The summed E-state index contributed by atoms with van der Waals surface area (Å²) in [5, 5.41) is 14.4. The van der Waals surface area contributed by atoms with Gasteiger partial charge in [0.25, 0.3) is 0 Å². The molecule has 0 saturated carbocycles. The van der Waals surface area contributed by atoms with Crippen LogP contribution < -0.4 is 10.6 Å². The molecule has 1 aliphatic rings. The van der Waals surface area contributed by atoms with Gasteiger partial charge in [-0.15, -0.1) is 0 Å². The summed E-state index contributed by atoms with van der Waals surface area (Å²) in [4.78, 5) is 36.3. The molecule has 0 saturated heterocycles. The second-order valence-electron chi connectivity index (χ2n) is 8.85. The molecule has 1 aliphatic carbocycles. The zero-order valence-corrected chi connectivity index (χ0v) is 19.7. The summed E-state index contributed by atoms with van der Waals surface area (Å²) in [6, 6.07) is 19.1. The van der Waals surface area contributed by atoms with E-state index in [1.807, 2.05) is 31.2 Å². The first-order valence-corrected chi connectivity index (χ1v) is 11.5. The number of ether oxygens (including phenoxy) is 1. The Balaban J connectivity index is 1.31. The standard InChI is InChI=1S/C27H28N2O6/c1-3-27(2,25(32)28-14-17-12-13-23(35-17)24(30)31)16-29-26(33)34-15-22-20-10-6-4-8-18(20)19-9-5-7-11-21(19)22/h4-13,22H,3,14-16H2,1-2H3,(H,28,32)(H,29,33)(H,30,31). The number of alkyl carbamates (subject to hydrolysis) is 1. The summed E-state index contributed by atoms with van der Waals surface area (Å²) in [6.45, 7) is 3.93. The molecule has 3 N–H and O–H groups in total. The van der Waals surface area contributed by atoms with Crippen LogP contribution in [0.3, 0.4) is 0 Å². The molecule has 0 aliphatic heterocycles. The van der Waals surface area contributed by atoms with Crippen LogP contribution in [0.15, 0.2) is 65.1 Å². The molecule has 35 heavy (non-hydrogen) atoms. The number of carboxylic acid groups (broad SMARTS) is 1. The van der Waals surface area contributed by atoms with Crippen LogP contribution in [-0.4, -0.2) is 36.2 Å². The molecule has 1 unspecified atom stereocenters. The molecule has 3 aromatic rings. The first-order chi connectivity index (χ1) is 16.8. The van der Waals surface area contributed by atoms with Crippen molar-refractivity contribution in [2.75, 3.05) is 13.2 Å². The van der Waals surface area contributed by atoms with E-state index in [2.05, 4.69) is 34.9 Å². The third-order valence-electron chi connectivity index (χ3n) is 6.59. The second kappa shape index (κ2) is 10.0. The van der Waals surface area contributed by atoms with Crippen LogP contribution in [0.5, 0.6) is 0 Å². The molecular weight excluding hydrogens is 448 g/mol. The minimum absolute atomic E-state index is 0.0435. The predicted octanol–water partition coefficient (Wildman–Crippen LogP) is 4.55. The average Bonchev–Trinajstić information content (AvgIpc) is 3.48. The summed E-state index contributed by atoms with van der Waals surface area (Å²) in [6.07, 6.45) is -0.113. The Morgan fingerprint density at radius 1 is 0.971 bits per heavy atom. The van der Waals surface area contributed by atoms with Gasteiger partial charge in [0.15, 0.2) is 0 Å². The molecule has 1 atom stereocenters. The van der Waals surface area contributed by atoms with Gasteiger partial charge in [0.1, 0.15) is 12.4 Å². The Morgan fingerprint density at radius 2 is 1.60 bits per heavy atom. The lowest BCUT2D eigenvalue weighted by Crippen LogP contribution is -2.46. The van der Waals surface area contributed by atoms with Gasteiger partial charge in [0.05, 0.1) is 12.0 Å². The first-order valence-electron chi connectivity index (χ1n) is 11.5. The monoisotopic (exact) mass is 476 g/mol. The van der Waals surface area contributed by atoms with E-state index in [9.17, 15) is 14.4 Å². The zero-order chi connectivity index (χ0) is 25.0. The number of benzene rings is 2. The fourth-order valence-corrected chi connectivity index (χ4v) is 4.25. The maximum absolute atomic E-state index is 12.8. The fourth-order valence-electron chi connectivity index (χ4n) is 4.25. The van der Waals surface area contributed by atoms with E-state index in [1.54, 1.807) is 6.92 Å². The molecule has 182 valence electrons. The van der Waals surface area contributed by atoms with E-state index in [1.165, 1.54) is 12.1 Å². The number of carbonyl (C=O) groups is 3. The quantitative estimate of drug-likeness (QED) is 0.417. The summed E-state index contributed by atoms with van der Waals surface area (Å²) >= 11 is 0. The number of carbonyl (C=O) groups excluding carboxylic acids is 2. The average molecular weight is 477 g/mol. The highest BCUT2D eigenvalue weighted by Crippen LogP contribution is 2.44. The van der Waals surface area contributed by atoms with Gasteiger partial charge in [-0.05, 0) is 47.7 Å². The number of hydrogen-bond acceptors (Lipinski definition) is 5. The summed E-state index contributed by atoms with van der Waals surface area (Å²) < 4.78 is 10.7. The van der Waals surface area contributed by atoms with Gasteiger partial charge in [-0.3, -0.25) is 4.79 Å². The van der Waals surface area contributed by atoms with Gasteiger partial charge in [0, 0.05) is 12.5 Å². The molecule has 2 amide bonds. The van der Waals surface area contributed by atoms with Crippen LogP contribution in [0.4, 0.5) is 4.79 Å². The first kappa shape index (κ1) is 24.1. The summed E-state index contributed by atoms with van der Waals surface area (Å²) in [5.41, 5.74) is 3.68. The number of nitrogens with one attached hydrogen (secondary N) is 2. The molecule has 1 aromatic heterocycles. The van der Waals surface area contributed by atoms with Crippen molar-refractivity contribution >= 4 is 18.0 Å². The maximum atomic E-state index is 12.8. The smallest absolute Gasteiger partial charge is 0.407 e. The van der Waals surface area contributed by atoms with Gasteiger partial charge in [0.2, 0.25) is 11.7 Å². The summed E-state index contributed by atoms with van der Waals surface area (Å²) in [5.74, 6) is -1.36. The Morgan fingerprint density at radius 3 is 2.17 bits per heavy atom. The molecular formula is C27H28N2O6. The topological polar surface area (TPSA) is 118 Å². The Labute approximate surface area is 203 Å². The molecule has 2 aromatic carbocycles. The van der Waals surface area contributed by atoms with Gasteiger partial charge >= 0.3 is 12.1 Å². The zero-order valence-electron chi connectivity index (χ0n) is 19.7. The van der Waals surface area contributed by atoms with Crippen LogP contribution in [0.2, 0.25) is 0 Å². The third-order valence-corrected chi connectivity index (χ3v) is 6.59. The van der Waals surface area contributed by atoms with Crippen molar-refractivity contribution in [3.8, 4) is 11.1 Å². The molecule has 0 spiro atoms. The number of aromatic carboxylic acids is 1. The number of amides is 2. The minimum atomic E-state index is -1.17. The van der Waals surface area contributed by atoms with Crippen molar-refractivity contribution in [3.05, 3.63) is 83.3 Å². The number of hydrogen-bond donors (Lipinski definition) is 3. The van der Waals surface area contributed by atoms with Crippen molar-refractivity contribution in [2.45, 2.75) is 32.7 Å². The lowest BCUT2D eigenvalue weighted by Gasteiger charge is -2.27. The SMILES string of the molecule is CCC(C)(CNC(=O)OCC1c2ccccc2-c2ccccc21)C(=O)NCc1ccc(C(=O)O)o1. The molecule has 0 fully saturated rings. The molecule has 8 heteroatoms. The van der Waals surface area contributed by atoms with Crippen molar-refractivity contribution in [1.29, 1.82) is 0 Å². The Kier molecular flexibility index (Phi) is 6.91. The van der Waals surface area contributed by atoms with Gasteiger partial charge in [-0.1, -0.05) is 55.5 Å². The van der Waals surface area contributed by atoms with E-state index in [-0.39, 0.29) is 37.3 Å². The van der Waals surface area contributed by atoms with Crippen molar-refractivity contribution in [3.63, 3.8) is 0 Å². The summed E-state index contributed by atoms with van der Waals surface area (Å²) in [7, 11) is 0. The number of furan rings is 1. The maximum Gasteiger partial charge on any atom is 0.407 e. The lowest BCUT2D eigenvalue weighted by molar-refractivity contribution is -0.130. The normalized spacial score (nSPS) is 13.9. The van der Waals surface area contributed by atoms with Gasteiger partial charge < -0.3 is 24.9 Å². The van der Waals surface area contributed by atoms with Crippen LogP contribution in [-0.2, 0) is 16.1 Å². The van der Waals surface area contributed by atoms with E-state index in [0.717, 1.165) is 22.3 Å². The van der Waals surface area contributed by atoms with Crippen molar-refractivity contribution < 1.29 is 28.6 Å². The highest BCUT2D eigenvalue weighted by molar-refractivity contribution is 5.85. The van der Waals surface area contributed by atoms with Crippen LogP contribution in [0, 0.1) is 5.41 Å². The van der Waals surface area contributed by atoms with E-state index in [0.29, 0.717) is 12.2 Å². The van der Waals surface area contributed by atoms with Crippen LogP contribution >= 0.6 is 0 Å². The predicted molar refractivity (Wildman–Crippen MR) is 129 cm³/mol. The van der Waals surface area contributed by atoms with E-state index >= 15 is 0 Å². The fraction of sp³-hybridized carbons (Fsp3) is 0.296. The largest absolute Gasteiger partial charge is 0.475 e. The molecule has 0 radical (unpaired) electrons. The number of rotatable bonds is 9. The lowest BCUT2D eigenvalue weighted by atomic mass is 9.86. The Bertz CT molecular complexity index is 1200. The van der Waals surface area contributed by atoms with Crippen molar-refractivity contribution in [1.82, 2.24) is 10.6 Å².